The molecule has 118 valence electrons. The van der Waals surface area contributed by atoms with Crippen LogP contribution in [0, 0.1) is 0 Å². The lowest BCUT2D eigenvalue weighted by Gasteiger charge is -2.26. The Morgan fingerprint density at radius 3 is 2.38 bits per heavy atom. The summed E-state index contributed by atoms with van der Waals surface area (Å²) in [5, 5.41) is 0. The molecule has 1 aromatic rings. The Balaban J connectivity index is 2.01. The van der Waals surface area contributed by atoms with E-state index in [2.05, 4.69) is 41.5 Å². The lowest BCUT2D eigenvalue weighted by atomic mass is 10.3. The highest BCUT2D eigenvalue weighted by Crippen LogP contribution is 2.32. The van der Waals surface area contributed by atoms with E-state index in [0.29, 0.717) is 21.2 Å². The van der Waals surface area contributed by atoms with Gasteiger partial charge in [0.05, 0.1) is 0 Å². The van der Waals surface area contributed by atoms with E-state index in [-0.39, 0.29) is 4.90 Å². The van der Waals surface area contributed by atoms with Crippen molar-refractivity contribution in [3.8, 4) is 0 Å². The number of rotatable bonds is 5. The third-order valence-corrected chi connectivity index (χ3v) is 7.39. The van der Waals surface area contributed by atoms with Gasteiger partial charge >= 0.3 is 0 Å². The molecule has 2 rings (SSSR count). The SMILES string of the molecule is Nc1cc(Br)c(S(=O)(=O)NCCN2CCSCC2)c(Br)c1. The quantitative estimate of drug-likeness (QED) is 0.661. The first-order valence-corrected chi connectivity index (χ1v) is 10.7. The first-order chi connectivity index (χ1) is 9.90. The Morgan fingerprint density at radius 2 is 1.81 bits per heavy atom. The summed E-state index contributed by atoms with van der Waals surface area (Å²) in [6, 6.07) is 3.17. The monoisotopic (exact) mass is 457 g/mol. The molecule has 1 aliphatic heterocycles. The van der Waals surface area contributed by atoms with Crippen LogP contribution < -0.4 is 10.5 Å². The van der Waals surface area contributed by atoms with Crippen LogP contribution in [0.5, 0.6) is 0 Å². The van der Waals surface area contributed by atoms with Crippen LogP contribution >= 0.6 is 43.6 Å². The second-order valence-electron chi connectivity index (χ2n) is 4.67. The van der Waals surface area contributed by atoms with E-state index >= 15 is 0 Å². The number of hydrogen-bond acceptors (Lipinski definition) is 5. The molecule has 0 radical (unpaired) electrons. The van der Waals surface area contributed by atoms with Gasteiger partial charge in [0.25, 0.3) is 0 Å². The Kier molecular flexibility index (Phi) is 6.39. The molecule has 0 aromatic heterocycles. The Hall–Kier alpha value is 0.200. The van der Waals surface area contributed by atoms with Gasteiger partial charge in [-0.15, -0.1) is 0 Å². The normalized spacial score (nSPS) is 17.0. The number of sulfonamides is 1. The number of anilines is 1. The molecular formula is C12H17Br2N3O2S2. The molecular weight excluding hydrogens is 442 g/mol. The summed E-state index contributed by atoms with van der Waals surface area (Å²) in [5.74, 6) is 2.23. The van der Waals surface area contributed by atoms with Gasteiger partial charge in [0, 0.05) is 52.3 Å². The van der Waals surface area contributed by atoms with Crippen molar-refractivity contribution in [1.82, 2.24) is 9.62 Å². The highest BCUT2D eigenvalue weighted by atomic mass is 79.9. The number of thioether (sulfide) groups is 1. The topological polar surface area (TPSA) is 75.4 Å². The van der Waals surface area contributed by atoms with Crippen molar-refractivity contribution in [3.05, 3.63) is 21.1 Å². The summed E-state index contributed by atoms with van der Waals surface area (Å²) < 4.78 is 28.3. The summed E-state index contributed by atoms with van der Waals surface area (Å²) >= 11 is 8.46. The number of nitrogens with one attached hydrogen (secondary N) is 1. The van der Waals surface area contributed by atoms with Crippen LogP contribution in [0.1, 0.15) is 0 Å². The summed E-state index contributed by atoms with van der Waals surface area (Å²) in [5.41, 5.74) is 6.18. The predicted molar refractivity (Wildman–Crippen MR) is 95.2 cm³/mol. The van der Waals surface area contributed by atoms with E-state index in [4.69, 9.17) is 5.73 Å². The van der Waals surface area contributed by atoms with Gasteiger partial charge in [-0.1, -0.05) is 0 Å². The molecule has 5 nitrogen and oxygen atoms in total. The van der Waals surface area contributed by atoms with Crippen molar-refractivity contribution in [2.24, 2.45) is 0 Å². The van der Waals surface area contributed by atoms with E-state index in [0.717, 1.165) is 31.1 Å². The molecule has 0 amide bonds. The fourth-order valence-corrected chi connectivity index (χ4v) is 6.69. The molecule has 21 heavy (non-hydrogen) atoms. The van der Waals surface area contributed by atoms with Gasteiger partial charge < -0.3 is 10.6 Å². The van der Waals surface area contributed by atoms with Gasteiger partial charge in [-0.25, -0.2) is 13.1 Å². The van der Waals surface area contributed by atoms with Crippen LogP contribution in [0.4, 0.5) is 5.69 Å². The number of nitrogens with two attached hydrogens (primary N) is 1. The minimum atomic E-state index is -3.57. The van der Waals surface area contributed by atoms with Crippen LogP contribution in [0.15, 0.2) is 26.0 Å². The molecule has 1 saturated heterocycles. The van der Waals surface area contributed by atoms with Crippen LogP contribution in [0.25, 0.3) is 0 Å². The molecule has 0 atom stereocenters. The molecule has 0 unspecified atom stereocenters. The zero-order valence-electron chi connectivity index (χ0n) is 11.3. The molecule has 1 aromatic carbocycles. The smallest absolute Gasteiger partial charge is 0.242 e. The van der Waals surface area contributed by atoms with E-state index in [1.165, 1.54) is 0 Å². The molecule has 9 heteroatoms. The maximum absolute atomic E-state index is 12.4. The summed E-state index contributed by atoms with van der Waals surface area (Å²) in [6.45, 7) is 3.16. The fourth-order valence-electron chi connectivity index (χ4n) is 2.07. The Labute approximate surface area is 146 Å². The third kappa shape index (κ3) is 4.84. The molecule has 1 aliphatic rings. The number of halogens is 2. The second-order valence-corrected chi connectivity index (χ2v) is 9.30. The van der Waals surface area contributed by atoms with Crippen molar-refractivity contribution in [2.75, 3.05) is 43.4 Å². The molecule has 0 saturated carbocycles. The van der Waals surface area contributed by atoms with Crippen molar-refractivity contribution >= 4 is 59.3 Å². The van der Waals surface area contributed by atoms with Gasteiger partial charge in [0.1, 0.15) is 4.90 Å². The van der Waals surface area contributed by atoms with E-state index in [9.17, 15) is 8.42 Å². The van der Waals surface area contributed by atoms with Crippen molar-refractivity contribution in [3.63, 3.8) is 0 Å². The standard InChI is InChI=1S/C12H17Br2N3O2S2/c13-10-7-9(15)8-11(14)12(10)21(18,19)16-1-2-17-3-5-20-6-4-17/h7-8,16H,1-6,15H2. The molecule has 0 spiro atoms. The van der Waals surface area contributed by atoms with Crippen molar-refractivity contribution < 1.29 is 8.42 Å². The molecule has 0 aliphatic carbocycles. The molecule has 0 bridgehead atoms. The van der Waals surface area contributed by atoms with Crippen LogP contribution in [-0.2, 0) is 10.0 Å². The van der Waals surface area contributed by atoms with Crippen molar-refractivity contribution in [1.29, 1.82) is 0 Å². The second kappa shape index (κ2) is 7.65. The van der Waals surface area contributed by atoms with Gasteiger partial charge in [-0.2, -0.15) is 11.8 Å². The third-order valence-electron chi connectivity index (χ3n) is 3.11. The number of benzene rings is 1. The number of nitrogens with zero attached hydrogens (tertiary/aromatic N) is 1. The zero-order chi connectivity index (χ0) is 15.5. The maximum Gasteiger partial charge on any atom is 0.242 e. The highest BCUT2D eigenvalue weighted by Gasteiger charge is 2.21. The lowest BCUT2D eigenvalue weighted by Crippen LogP contribution is -2.39. The fraction of sp³-hybridized carbons (Fsp3) is 0.500. The average molecular weight is 459 g/mol. The molecule has 1 fully saturated rings. The largest absolute Gasteiger partial charge is 0.399 e. The first-order valence-electron chi connectivity index (χ1n) is 6.44. The van der Waals surface area contributed by atoms with E-state index in [1.54, 1.807) is 12.1 Å². The summed E-state index contributed by atoms with van der Waals surface area (Å²) in [7, 11) is -3.57. The van der Waals surface area contributed by atoms with Gasteiger partial charge in [0.15, 0.2) is 0 Å². The number of hydrogen-bond donors (Lipinski definition) is 2. The van der Waals surface area contributed by atoms with E-state index in [1.807, 2.05) is 11.8 Å². The Bertz CT molecular complexity index is 582. The van der Waals surface area contributed by atoms with Gasteiger partial charge in [-0.3, -0.25) is 0 Å². The molecule has 3 N–H and O–H groups in total. The van der Waals surface area contributed by atoms with Crippen LogP contribution in [0.2, 0.25) is 0 Å². The number of nitrogen functional groups attached to an aromatic ring is 1. The lowest BCUT2D eigenvalue weighted by molar-refractivity contribution is 0.307. The zero-order valence-corrected chi connectivity index (χ0v) is 16.1. The predicted octanol–water partition coefficient (Wildman–Crippen LogP) is 2.12. The van der Waals surface area contributed by atoms with Gasteiger partial charge in [0.2, 0.25) is 10.0 Å². The van der Waals surface area contributed by atoms with Crippen LogP contribution in [-0.4, -0.2) is 51.0 Å². The maximum atomic E-state index is 12.4. The first kappa shape index (κ1) is 17.6. The van der Waals surface area contributed by atoms with Crippen LogP contribution in [0.3, 0.4) is 0 Å². The minimum Gasteiger partial charge on any atom is -0.399 e. The summed E-state index contributed by atoms with van der Waals surface area (Å²) in [4.78, 5) is 2.46. The Morgan fingerprint density at radius 1 is 1.24 bits per heavy atom. The average Bonchev–Trinajstić information content (AvgIpc) is 2.38. The van der Waals surface area contributed by atoms with Gasteiger partial charge in [-0.05, 0) is 44.0 Å². The molecule has 1 heterocycles. The van der Waals surface area contributed by atoms with Crippen molar-refractivity contribution in [2.45, 2.75) is 4.90 Å². The summed E-state index contributed by atoms with van der Waals surface area (Å²) in [6.07, 6.45) is 0. The minimum absolute atomic E-state index is 0.186. The van der Waals surface area contributed by atoms with E-state index < -0.39 is 10.0 Å². The highest BCUT2D eigenvalue weighted by molar-refractivity contribution is 9.11.